The van der Waals surface area contributed by atoms with Crippen LogP contribution < -0.4 is 11.1 Å². The second kappa shape index (κ2) is 7.10. The van der Waals surface area contributed by atoms with Crippen LogP contribution in [0.15, 0.2) is 11.4 Å². The lowest BCUT2D eigenvalue weighted by Crippen LogP contribution is -2.26. The molecule has 1 amide bonds. The molecule has 0 aromatic carbocycles. The Morgan fingerprint density at radius 2 is 2.00 bits per heavy atom. The Balaban J connectivity index is 2.09. The van der Waals surface area contributed by atoms with E-state index in [1.807, 2.05) is 0 Å². The minimum absolute atomic E-state index is 0.00695. The fraction of sp³-hybridized carbons (Fsp3) is 0.643. The summed E-state index contributed by atoms with van der Waals surface area (Å²) >= 11 is 0. The van der Waals surface area contributed by atoms with Crippen molar-refractivity contribution < 1.29 is 10.0 Å². The minimum Gasteiger partial charge on any atom is -0.409 e. The van der Waals surface area contributed by atoms with Gasteiger partial charge in [0, 0.05) is 13.0 Å². The number of anilines is 1. The molecule has 21 heavy (non-hydrogen) atoms. The molecule has 1 aromatic rings. The number of hydrogen-bond donors (Lipinski definition) is 3. The molecule has 1 heterocycles. The molecule has 1 aromatic heterocycles. The number of carbonyl (C=O) groups excluding carboxylic acids is 1. The summed E-state index contributed by atoms with van der Waals surface area (Å²) in [7, 11) is 1.71. The molecular formula is C14H23N5O2. The van der Waals surface area contributed by atoms with Crippen molar-refractivity contribution >= 4 is 17.6 Å². The van der Waals surface area contributed by atoms with Crippen LogP contribution in [0.2, 0.25) is 0 Å². The summed E-state index contributed by atoms with van der Waals surface area (Å²) in [6.07, 6.45) is 9.17. The SMILES string of the molecule is Cn1ncc(C(N)=NO)c1NC(=O)C1CCCCCCC1. The number of hydrogen-bond acceptors (Lipinski definition) is 4. The molecule has 0 radical (unpaired) electrons. The van der Waals surface area contributed by atoms with E-state index in [9.17, 15) is 4.79 Å². The molecule has 0 saturated heterocycles. The Kier molecular flexibility index (Phi) is 5.19. The van der Waals surface area contributed by atoms with E-state index in [1.165, 1.54) is 30.1 Å². The fourth-order valence-corrected chi connectivity index (χ4v) is 2.76. The first kappa shape index (κ1) is 15.3. The minimum atomic E-state index is -0.0592. The quantitative estimate of drug-likeness (QED) is 0.342. The summed E-state index contributed by atoms with van der Waals surface area (Å²) in [5, 5.41) is 18.7. The lowest BCUT2D eigenvalue weighted by atomic mass is 9.90. The molecule has 1 aliphatic rings. The molecule has 7 nitrogen and oxygen atoms in total. The number of amides is 1. The van der Waals surface area contributed by atoms with Gasteiger partial charge >= 0.3 is 0 Å². The van der Waals surface area contributed by atoms with E-state index >= 15 is 0 Å². The second-order valence-electron chi connectivity index (χ2n) is 5.55. The van der Waals surface area contributed by atoms with E-state index in [4.69, 9.17) is 10.9 Å². The first-order valence-electron chi connectivity index (χ1n) is 7.44. The number of carbonyl (C=O) groups is 1. The third-order valence-electron chi connectivity index (χ3n) is 4.04. The van der Waals surface area contributed by atoms with Crippen LogP contribution in [0, 0.1) is 5.92 Å². The average Bonchev–Trinajstić information content (AvgIpc) is 2.79. The normalized spacial score (nSPS) is 18.0. The van der Waals surface area contributed by atoms with E-state index in [2.05, 4.69) is 15.6 Å². The van der Waals surface area contributed by atoms with Gasteiger partial charge in [-0.25, -0.2) is 0 Å². The van der Waals surface area contributed by atoms with Gasteiger partial charge < -0.3 is 16.3 Å². The van der Waals surface area contributed by atoms with Crippen molar-refractivity contribution in [2.24, 2.45) is 23.9 Å². The van der Waals surface area contributed by atoms with Gasteiger partial charge in [-0.15, -0.1) is 0 Å². The van der Waals surface area contributed by atoms with Gasteiger partial charge in [0.1, 0.15) is 5.82 Å². The van der Waals surface area contributed by atoms with E-state index in [1.54, 1.807) is 7.05 Å². The van der Waals surface area contributed by atoms with Crippen molar-refractivity contribution in [2.45, 2.75) is 44.9 Å². The van der Waals surface area contributed by atoms with Crippen LogP contribution in [0.5, 0.6) is 0 Å². The van der Waals surface area contributed by atoms with Gasteiger partial charge in [-0.2, -0.15) is 5.10 Å². The Morgan fingerprint density at radius 3 is 2.62 bits per heavy atom. The molecule has 1 aliphatic carbocycles. The highest BCUT2D eigenvalue weighted by Gasteiger charge is 2.22. The third kappa shape index (κ3) is 3.74. The maximum atomic E-state index is 12.5. The van der Waals surface area contributed by atoms with Gasteiger partial charge in [0.15, 0.2) is 5.84 Å². The summed E-state index contributed by atoms with van der Waals surface area (Å²) in [6.45, 7) is 0. The lowest BCUT2D eigenvalue weighted by molar-refractivity contribution is -0.120. The van der Waals surface area contributed by atoms with Crippen LogP contribution in [0.4, 0.5) is 5.82 Å². The van der Waals surface area contributed by atoms with Gasteiger partial charge in [0.2, 0.25) is 5.91 Å². The molecule has 0 atom stereocenters. The second-order valence-corrected chi connectivity index (χ2v) is 5.55. The van der Waals surface area contributed by atoms with Gasteiger partial charge in [-0.1, -0.05) is 37.3 Å². The number of rotatable bonds is 3. The average molecular weight is 293 g/mol. The van der Waals surface area contributed by atoms with Gasteiger partial charge in [0.05, 0.1) is 11.8 Å². The topological polar surface area (TPSA) is 106 Å². The van der Waals surface area contributed by atoms with Crippen molar-refractivity contribution in [1.82, 2.24) is 9.78 Å². The molecule has 2 rings (SSSR count). The van der Waals surface area contributed by atoms with E-state index in [-0.39, 0.29) is 17.7 Å². The molecule has 4 N–H and O–H groups in total. The van der Waals surface area contributed by atoms with Crippen LogP contribution in [0.1, 0.15) is 50.5 Å². The number of oxime groups is 1. The zero-order valence-electron chi connectivity index (χ0n) is 12.4. The molecule has 0 spiro atoms. The number of nitrogens with one attached hydrogen (secondary N) is 1. The number of aryl methyl sites for hydroxylation is 1. The number of amidine groups is 1. The number of nitrogens with zero attached hydrogens (tertiary/aromatic N) is 3. The van der Waals surface area contributed by atoms with Crippen molar-refractivity contribution in [2.75, 3.05) is 5.32 Å². The summed E-state index contributed by atoms with van der Waals surface area (Å²) in [5.41, 5.74) is 6.03. The predicted molar refractivity (Wildman–Crippen MR) is 80.2 cm³/mol. The summed E-state index contributed by atoms with van der Waals surface area (Å²) < 4.78 is 1.52. The molecule has 1 fully saturated rings. The predicted octanol–water partition coefficient (Wildman–Crippen LogP) is 1.81. The monoisotopic (exact) mass is 293 g/mol. The van der Waals surface area contributed by atoms with Crippen LogP contribution in [0.25, 0.3) is 0 Å². The molecular weight excluding hydrogens is 270 g/mol. The molecule has 7 heteroatoms. The lowest BCUT2D eigenvalue weighted by Gasteiger charge is -2.19. The summed E-state index contributed by atoms with van der Waals surface area (Å²) in [4.78, 5) is 12.5. The number of aromatic nitrogens is 2. The Morgan fingerprint density at radius 1 is 1.38 bits per heavy atom. The smallest absolute Gasteiger partial charge is 0.228 e. The molecule has 0 bridgehead atoms. The largest absolute Gasteiger partial charge is 0.409 e. The Bertz CT molecular complexity index is 515. The highest BCUT2D eigenvalue weighted by molar-refractivity contribution is 6.04. The zero-order valence-corrected chi connectivity index (χ0v) is 12.4. The molecule has 116 valence electrons. The zero-order chi connectivity index (χ0) is 15.2. The first-order valence-corrected chi connectivity index (χ1v) is 7.44. The van der Waals surface area contributed by atoms with Crippen LogP contribution in [-0.4, -0.2) is 26.7 Å². The Hall–Kier alpha value is -2.05. The first-order chi connectivity index (χ1) is 10.1. The molecule has 0 unspecified atom stereocenters. The van der Waals surface area contributed by atoms with Crippen molar-refractivity contribution in [3.05, 3.63) is 11.8 Å². The maximum Gasteiger partial charge on any atom is 0.228 e. The van der Waals surface area contributed by atoms with Crippen LogP contribution in [0.3, 0.4) is 0 Å². The third-order valence-corrected chi connectivity index (χ3v) is 4.04. The van der Waals surface area contributed by atoms with E-state index < -0.39 is 0 Å². The molecule has 1 saturated carbocycles. The fourth-order valence-electron chi connectivity index (χ4n) is 2.76. The maximum absolute atomic E-state index is 12.5. The van der Waals surface area contributed by atoms with Crippen molar-refractivity contribution in [3.8, 4) is 0 Å². The molecule has 0 aliphatic heterocycles. The summed E-state index contributed by atoms with van der Waals surface area (Å²) in [5.74, 6) is 0.432. The highest BCUT2D eigenvalue weighted by Crippen LogP contribution is 2.24. The highest BCUT2D eigenvalue weighted by atomic mass is 16.4. The van der Waals surface area contributed by atoms with Gasteiger partial charge in [-0.05, 0) is 12.8 Å². The van der Waals surface area contributed by atoms with Crippen molar-refractivity contribution in [3.63, 3.8) is 0 Å². The Labute approximate surface area is 124 Å². The van der Waals surface area contributed by atoms with Crippen molar-refractivity contribution in [1.29, 1.82) is 0 Å². The van der Waals surface area contributed by atoms with E-state index in [0.29, 0.717) is 11.4 Å². The van der Waals surface area contributed by atoms with Gasteiger partial charge in [-0.3, -0.25) is 9.48 Å². The van der Waals surface area contributed by atoms with Gasteiger partial charge in [0.25, 0.3) is 0 Å². The number of nitrogens with two attached hydrogens (primary N) is 1. The van der Waals surface area contributed by atoms with Crippen LogP contribution >= 0.6 is 0 Å². The standard InChI is InChI=1S/C14H23N5O2/c1-19-13(11(9-16-19)12(15)18-21)17-14(20)10-7-5-3-2-4-6-8-10/h9-10,21H,2-8H2,1H3,(H2,15,18)(H,17,20). The summed E-state index contributed by atoms with van der Waals surface area (Å²) in [6, 6.07) is 0. The van der Waals surface area contributed by atoms with E-state index in [0.717, 1.165) is 25.7 Å². The van der Waals surface area contributed by atoms with Crippen LogP contribution in [-0.2, 0) is 11.8 Å².